The number of carbonyl (C=O) groups is 1. The minimum atomic E-state index is 0.0798. The second-order valence-corrected chi connectivity index (χ2v) is 7.09. The van der Waals surface area contributed by atoms with E-state index in [1.807, 2.05) is 18.2 Å². The summed E-state index contributed by atoms with van der Waals surface area (Å²) in [5.41, 5.74) is 3.18. The Balaban J connectivity index is 1.63. The lowest BCUT2D eigenvalue weighted by Crippen LogP contribution is -2.21. The Bertz CT molecular complexity index is 976. The molecule has 0 spiro atoms. The molecule has 6 heteroatoms. The van der Waals surface area contributed by atoms with Gasteiger partial charge in [-0.2, -0.15) is 0 Å². The molecule has 0 saturated carbocycles. The van der Waals surface area contributed by atoms with Gasteiger partial charge in [0.1, 0.15) is 0 Å². The molecule has 2 aromatic carbocycles. The van der Waals surface area contributed by atoms with Gasteiger partial charge in [0.2, 0.25) is 5.95 Å². The van der Waals surface area contributed by atoms with E-state index in [4.69, 9.17) is 23.2 Å². The van der Waals surface area contributed by atoms with Crippen LogP contribution in [0.5, 0.6) is 0 Å². The third-order valence-electron chi connectivity index (χ3n) is 4.49. The summed E-state index contributed by atoms with van der Waals surface area (Å²) in [5, 5.41) is 4.14. The summed E-state index contributed by atoms with van der Waals surface area (Å²) < 4.78 is 0. The maximum Gasteiger partial charge on any atom is 0.227 e. The number of anilines is 2. The molecule has 1 N–H and O–H groups in total. The molecule has 4 nitrogen and oxygen atoms in total. The summed E-state index contributed by atoms with van der Waals surface area (Å²) in [4.78, 5) is 21.3. The molecule has 1 atom stereocenters. The molecule has 130 valence electrons. The zero-order valence-electron chi connectivity index (χ0n) is 13.7. The Morgan fingerprint density at radius 3 is 2.62 bits per heavy atom. The fourth-order valence-corrected chi connectivity index (χ4v) is 3.63. The van der Waals surface area contributed by atoms with Crippen LogP contribution >= 0.6 is 23.2 Å². The normalized spacial score (nSPS) is 16.2. The van der Waals surface area contributed by atoms with Gasteiger partial charge in [-0.3, -0.25) is 4.79 Å². The van der Waals surface area contributed by atoms with Crippen molar-refractivity contribution < 1.29 is 4.79 Å². The van der Waals surface area contributed by atoms with Crippen molar-refractivity contribution in [3.8, 4) is 0 Å². The Morgan fingerprint density at radius 1 is 1.04 bits per heavy atom. The van der Waals surface area contributed by atoms with E-state index >= 15 is 0 Å². The Kier molecular flexibility index (Phi) is 4.62. The van der Waals surface area contributed by atoms with E-state index in [1.165, 1.54) is 0 Å². The molecule has 1 aromatic heterocycles. The molecule has 0 saturated heterocycles. The minimum Gasteiger partial charge on any atom is -0.323 e. The highest BCUT2D eigenvalue weighted by atomic mass is 35.5. The first-order chi connectivity index (χ1) is 12.6. The van der Waals surface area contributed by atoms with Crippen LogP contribution in [0.3, 0.4) is 0 Å². The number of nitrogens with zero attached hydrogens (tertiary/aromatic N) is 2. The monoisotopic (exact) mass is 383 g/mol. The summed E-state index contributed by atoms with van der Waals surface area (Å²) in [6, 6.07) is 15.2. The molecule has 4 rings (SSSR count). The van der Waals surface area contributed by atoms with Gasteiger partial charge in [-0.15, -0.1) is 0 Å². The molecule has 0 aliphatic heterocycles. The quantitative estimate of drug-likeness (QED) is 0.653. The van der Waals surface area contributed by atoms with E-state index < -0.39 is 0 Å². The predicted molar refractivity (Wildman–Crippen MR) is 104 cm³/mol. The zero-order valence-corrected chi connectivity index (χ0v) is 15.3. The number of ketones is 1. The van der Waals surface area contributed by atoms with Gasteiger partial charge in [0.05, 0.1) is 22.0 Å². The largest absolute Gasteiger partial charge is 0.323 e. The van der Waals surface area contributed by atoms with E-state index in [2.05, 4.69) is 27.4 Å². The zero-order chi connectivity index (χ0) is 18.1. The fraction of sp³-hybridized carbons (Fsp3) is 0.150. The topological polar surface area (TPSA) is 54.9 Å². The van der Waals surface area contributed by atoms with E-state index in [0.29, 0.717) is 40.1 Å². The van der Waals surface area contributed by atoms with Gasteiger partial charge in [0.25, 0.3) is 0 Å². The van der Waals surface area contributed by atoms with Crippen molar-refractivity contribution >= 4 is 40.6 Å². The number of nitrogens with one attached hydrogen (secondary N) is 1. The van der Waals surface area contributed by atoms with Crippen LogP contribution in [0, 0.1) is 0 Å². The number of hydrogen-bond acceptors (Lipinski definition) is 4. The second kappa shape index (κ2) is 7.06. The Morgan fingerprint density at radius 2 is 1.85 bits per heavy atom. The van der Waals surface area contributed by atoms with E-state index in [1.54, 1.807) is 24.4 Å². The van der Waals surface area contributed by atoms with Crippen molar-refractivity contribution in [3.05, 3.63) is 81.6 Å². The SMILES string of the molecule is O=C1C[C@@H](c2ccccc2)Cc2nc(Nc3ccc(Cl)cc3Cl)ncc21. The highest BCUT2D eigenvalue weighted by Crippen LogP contribution is 2.33. The molecule has 0 radical (unpaired) electrons. The minimum absolute atomic E-state index is 0.0798. The number of carbonyl (C=O) groups excluding carboxylic acids is 1. The van der Waals surface area contributed by atoms with Gasteiger partial charge in [0, 0.05) is 17.6 Å². The van der Waals surface area contributed by atoms with Gasteiger partial charge in [-0.25, -0.2) is 9.97 Å². The summed E-state index contributed by atoms with van der Waals surface area (Å²) in [6.07, 6.45) is 2.78. The summed E-state index contributed by atoms with van der Waals surface area (Å²) in [6.45, 7) is 0. The lowest BCUT2D eigenvalue weighted by atomic mass is 9.82. The summed E-state index contributed by atoms with van der Waals surface area (Å²) in [7, 11) is 0. The predicted octanol–water partition coefficient (Wildman–Crippen LogP) is 5.44. The van der Waals surface area contributed by atoms with E-state index in [9.17, 15) is 4.79 Å². The Labute approximate surface area is 161 Å². The number of halogens is 2. The Hall–Kier alpha value is -2.43. The molecule has 0 fully saturated rings. The second-order valence-electron chi connectivity index (χ2n) is 6.24. The maximum absolute atomic E-state index is 12.5. The number of rotatable bonds is 3. The van der Waals surface area contributed by atoms with Crippen molar-refractivity contribution in [2.45, 2.75) is 18.8 Å². The molecular formula is C20H15Cl2N3O. The molecular weight excluding hydrogens is 369 g/mol. The molecule has 0 amide bonds. The van der Waals surface area contributed by atoms with Crippen LogP contribution in [0.1, 0.15) is 34.0 Å². The van der Waals surface area contributed by atoms with Crippen LogP contribution in [0.2, 0.25) is 10.0 Å². The van der Waals surface area contributed by atoms with Crippen molar-refractivity contribution in [2.75, 3.05) is 5.32 Å². The van der Waals surface area contributed by atoms with Crippen LogP contribution in [0.25, 0.3) is 0 Å². The molecule has 1 aliphatic rings. The lowest BCUT2D eigenvalue weighted by Gasteiger charge is -2.23. The first-order valence-corrected chi connectivity index (χ1v) is 9.02. The van der Waals surface area contributed by atoms with E-state index in [0.717, 1.165) is 11.3 Å². The third-order valence-corrected chi connectivity index (χ3v) is 5.04. The number of aromatic nitrogens is 2. The molecule has 1 aliphatic carbocycles. The highest BCUT2D eigenvalue weighted by molar-refractivity contribution is 6.36. The molecule has 0 bridgehead atoms. The smallest absolute Gasteiger partial charge is 0.227 e. The standard InChI is InChI=1S/C20H15Cl2N3O/c21-14-6-7-17(16(22)10-14)24-20-23-11-15-18(25-20)8-13(9-19(15)26)12-4-2-1-3-5-12/h1-7,10-11,13H,8-9H2,(H,23,24,25)/t13-/m0/s1. The summed E-state index contributed by atoms with van der Waals surface area (Å²) in [5.74, 6) is 0.628. The number of Topliss-reactive ketones (excluding diaryl/α,β-unsaturated/α-hetero) is 1. The maximum atomic E-state index is 12.5. The van der Waals surface area contributed by atoms with Crippen LogP contribution in [0.15, 0.2) is 54.7 Å². The van der Waals surface area contributed by atoms with Gasteiger partial charge in [-0.1, -0.05) is 53.5 Å². The van der Waals surface area contributed by atoms with E-state index in [-0.39, 0.29) is 11.7 Å². The van der Waals surface area contributed by atoms with Gasteiger partial charge < -0.3 is 5.32 Å². The molecule has 0 unspecified atom stereocenters. The van der Waals surface area contributed by atoms with Gasteiger partial charge >= 0.3 is 0 Å². The highest BCUT2D eigenvalue weighted by Gasteiger charge is 2.28. The van der Waals surface area contributed by atoms with Crippen molar-refractivity contribution in [3.63, 3.8) is 0 Å². The molecule has 26 heavy (non-hydrogen) atoms. The fourth-order valence-electron chi connectivity index (χ4n) is 3.18. The lowest BCUT2D eigenvalue weighted by molar-refractivity contribution is 0.0962. The first kappa shape index (κ1) is 17.0. The average Bonchev–Trinajstić information content (AvgIpc) is 2.64. The molecule has 1 heterocycles. The van der Waals surface area contributed by atoms with Crippen molar-refractivity contribution in [2.24, 2.45) is 0 Å². The van der Waals surface area contributed by atoms with Crippen LogP contribution in [-0.4, -0.2) is 15.8 Å². The summed E-state index contributed by atoms with van der Waals surface area (Å²) >= 11 is 12.1. The number of fused-ring (bicyclic) bond motifs is 1. The van der Waals surface area contributed by atoms with Crippen LogP contribution < -0.4 is 5.32 Å². The van der Waals surface area contributed by atoms with Crippen LogP contribution in [0.4, 0.5) is 11.6 Å². The van der Waals surface area contributed by atoms with Gasteiger partial charge in [-0.05, 0) is 36.1 Å². The number of hydrogen-bond donors (Lipinski definition) is 1. The average molecular weight is 384 g/mol. The first-order valence-electron chi connectivity index (χ1n) is 8.26. The number of benzene rings is 2. The third kappa shape index (κ3) is 3.43. The van der Waals surface area contributed by atoms with Crippen LogP contribution in [-0.2, 0) is 6.42 Å². The van der Waals surface area contributed by atoms with Crippen molar-refractivity contribution in [1.82, 2.24) is 9.97 Å². The van der Waals surface area contributed by atoms with Crippen molar-refractivity contribution in [1.29, 1.82) is 0 Å². The molecule has 3 aromatic rings. The van der Waals surface area contributed by atoms with Gasteiger partial charge in [0.15, 0.2) is 5.78 Å².